The molecule has 1 heterocycles. The van der Waals surface area contributed by atoms with E-state index in [4.69, 9.17) is 4.74 Å². The lowest BCUT2D eigenvalue weighted by molar-refractivity contribution is 0.414. The van der Waals surface area contributed by atoms with Crippen molar-refractivity contribution in [2.75, 3.05) is 7.11 Å². The fourth-order valence-corrected chi connectivity index (χ4v) is 3.84. The minimum absolute atomic E-state index is 0.765. The van der Waals surface area contributed by atoms with Gasteiger partial charge in [-0.3, -0.25) is 0 Å². The van der Waals surface area contributed by atoms with Crippen LogP contribution < -0.4 is 4.74 Å². The second-order valence-electron chi connectivity index (χ2n) is 5.00. The third-order valence-electron chi connectivity index (χ3n) is 3.72. The van der Waals surface area contributed by atoms with Crippen molar-refractivity contribution in [2.24, 2.45) is 4.99 Å². The molecule has 1 aliphatic carbocycles. The number of hydrogen-bond acceptors (Lipinski definition) is 4. The highest BCUT2D eigenvalue weighted by Crippen LogP contribution is 2.39. The van der Waals surface area contributed by atoms with Crippen LogP contribution in [0, 0.1) is 11.3 Å². The van der Waals surface area contributed by atoms with E-state index in [1.165, 1.54) is 23.3 Å². The van der Waals surface area contributed by atoms with Crippen LogP contribution in [0.3, 0.4) is 0 Å². The van der Waals surface area contributed by atoms with Crippen LogP contribution >= 0.6 is 11.3 Å². The highest BCUT2D eigenvalue weighted by molar-refractivity contribution is 7.16. The SMILES string of the molecule is COc1ccccc1/C=N/c1sc2c(c1C#N)CCCC2. The molecule has 0 atom stereocenters. The minimum Gasteiger partial charge on any atom is -0.496 e. The second-order valence-corrected chi connectivity index (χ2v) is 6.09. The van der Waals surface area contributed by atoms with Gasteiger partial charge in [0.25, 0.3) is 0 Å². The molecule has 0 saturated heterocycles. The number of ether oxygens (including phenoxy) is 1. The highest BCUT2D eigenvalue weighted by atomic mass is 32.1. The fraction of sp³-hybridized carbons (Fsp3) is 0.294. The monoisotopic (exact) mass is 296 g/mol. The average Bonchev–Trinajstić information content (AvgIpc) is 2.90. The molecule has 0 bridgehead atoms. The smallest absolute Gasteiger partial charge is 0.134 e. The van der Waals surface area contributed by atoms with E-state index in [2.05, 4.69) is 11.1 Å². The molecule has 0 amide bonds. The molecule has 3 rings (SSSR count). The highest BCUT2D eigenvalue weighted by Gasteiger charge is 2.20. The molecule has 0 radical (unpaired) electrons. The van der Waals surface area contributed by atoms with E-state index >= 15 is 0 Å². The van der Waals surface area contributed by atoms with Crippen molar-refractivity contribution in [3.05, 3.63) is 45.8 Å². The summed E-state index contributed by atoms with van der Waals surface area (Å²) in [4.78, 5) is 5.89. The van der Waals surface area contributed by atoms with E-state index in [-0.39, 0.29) is 0 Å². The Balaban J connectivity index is 1.96. The summed E-state index contributed by atoms with van der Waals surface area (Å²) in [6, 6.07) is 10.1. The van der Waals surface area contributed by atoms with Crippen LogP contribution in [0.2, 0.25) is 0 Å². The first-order valence-electron chi connectivity index (χ1n) is 7.05. The van der Waals surface area contributed by atoms with Gasteiger partial charge >= 0.3 is 0 Å². The van der Waals surface area contributed by atoms with E-state index < -0.39 is 0 Å². The Bertz CT molecular complexity index is 725. The summed E-state index contributed by atoms with van der Waals surface area (Å²) in [5.74, 6) is 0.793. The Hall–Kier alpha value is -2.12. The molecule has 4 heteroatoms. The lowest BCUT2D eigenvalue weighted by atomic mass is 9.96. The summed E-state index contributed by atoms with van der Waals surface area (Å²) in [6.45, 7) is 0. The predicted octanol–water partition coefficient (Wildman–Crippen LogP) is 4.26. The number of thiophene rings is 1. The van der Waals surface area contributed by atoms with E-state index in [1.807, 2.05) is 24.3 Å². The molecule has 0 saturated carbocycles. The number of nitriles is 1. The van der Waals surface area contributed by atoms with Crippen LogP contribution in [0.4, 0.5) is 5.00 Å². The Morgan fingerprint density at radius 3 is 2.90 bits per heavy atom. The van der Waals surface area contributed by atoms with Crippen LogP contribution in [0.5, 0.6) is 5.75 Å². The molecule has 0 spiro atoms. The van der Waals surface area contributed by atoms with Gasteiger partial charge in [-0.2, -0.15) is 5.26 Å². The third kappa shape index (κ3) is 2.70. The Kier molecular flexibility index (Phi) is 4.03. The van der Waals surface area contributed by atoms with Gasteiger partial charge in [-0.25, -0.2) is 4.99 Å². The van der Waals surface area contributed by atoms with Gasteiger partial charge in [0.2, 0.25) is 0 Å². The van der Waals surface area contributed by atoms with Crippen LogP contribution in [0.15, 0.2) is 29.3 Å². The van der Waals surface area contributed by atoms with E-state index in [0.29, 0.717) is 0 Å². The van der Waals surface area contributed by atoms with Gasteiger partial charge in [-0.15, -0.1) is 11.3 Å². The summed E-state index contributed by atoms with van der Waals surface area (Å²) in [5.41, 5.74) is 2.91. The maximum atomic E-state index is 9.42. The zero-order valence-electron chi connectivity index (χ0n) is 11.9. The zero-order valence-corrected chi connectivity index (χ0v) is 12.7. The van der Waals surface area contributed by atoms with Gasteiger partial charge in [0.05, 0.1) is 12.7 Å². The first-order valence-corrected chi connectivity index (χ1v) is 7.87. The maximum absolute atomic E-state index is 9.42. The summed E-state index contributed by atoms with van der Waals surface area (Å²) < 4.78 is 5.32. The number of nitrogens with zero attached hydrogens (tertiary/aromatic N) is 2. The van der Waals surface area contributed by atoms with Crippen LogP contribution in [0.1, 0.15) is 34.4 Å². The number of rotatable bonds is 3. The molecule has 0 aliphatic heterocycles. The number of fused-ring (bicyclic) bond motifs is 1. The molecule has 1 aliphatic rings. The van der Waals surface area contributed by atoms with Crippen molar-refractivity contribution in [1.82, 2.24) is 0 Å². The number of aliphatic imine (C=N–C) groups is 1. The van der Waals surface area contributed by atoms with Gasteiger partial charge in [-0.1, -0.05) is 12.1 Å². The number of benzene rings is 1. The van der Waals surface area contributed by atoms with Crippen molar-refractivity contribution in [2.45, 2.75) is 25.7 Å². The van der Waals surface area contributed by atoms with Gasteiger partial charge in [0.1, 0.15) is 16.8 Å². The summed E-state index contributed by atoms with van der Waals surface area (Å²) in [7, 11) is 1.65. The molecule has 2 aromatic rings. The Morgan fingerprint density at radius 1 is 1.29 bits per heavy atom. The minimum atomic E-state index is 0.765. The molecular weight excluding hydrogens is 280 g/mol. The average molecular weight is 296 g/mol. The second kappa shape index (κ2) is 6.11. The van der Waals surface area contributed by atoms with Crippen molar-refractivity contribution in [3.63, 3.8) is 0 Å². The first-order chi connectivity index (χ1) is 10.3. The lowest BCUT2D eigenvalue weighted by Gasteiger charge is -2.09. The van der Waals surface area contributed by atoms with Gasteiger partial charge in [0.15, 0.2) is 0 Å². The third-order valence-corrected chi connectivity index (χ3v) is 4.92. The van der Waals surface area contributed by atoms with Gasteiger partial charge < -0.3 is 4.74 Å². The molecule has 1 aromatic carbocycles. The summed E-state index contributed by atoms with van der Waals surface area (Å²) >= 11 is 1.66. The topological polar surface area (TPSA) is 45.4 Å². The molecule has 3 nitrogen and oxygen atoms in total. The van der Waals surface area contributed by atoms with E-state index in [0.717, 1.165) is 34.7 Å². The normalized spacial score (nSPS) is 13.9. The quantitative estimate of drug-likeness (QED) is 0.794. The van der Waals surface area contributed by atoms with Crippen LogP contribution in [0.25, 0.3) is 0 Å². The fourth-order valence-electron chi connectivity index (χ4n) is 2.66. The molecule has 1 aromatic heterocycles. The predicted molar refractivity (Wildman–Crippen MR) is 85.9 cm³/mol. The molecule has 0 unspecified atom stereocenters. The van der Waals surface area contributed by atoms with Crippen molar-refractivity contribution in [3.8, 4) is 11.8 Å². The van der Waals surface area contributed by atoms with Crippen LogP contribution in [-0.2, 0) is 12.8 Å². The maximum Gasteiger partial charge on any atom is 0.134 e. The van der Waals surface area contributed by atoms with Crippen LogP contribution in [-0.4, -0.2) is 13.3 Å². The van der Waals surface area contributed by atoms with Crippen molar-refractivity contribution < 1.29 is 4.74 Å². The Morgan fingerprint density at radius 2 is 2.10 bits per heavy atom. The molecular formula is C17H16N2OS. The first kappa shape index (κ1) is 13.8. The number of hydrogen-bond donors (Lipinski definition) is 0. The largest absolute Gasteiger partial charge is 0.496 e. The molecule has 0 N–H and O–H groups in total. The molecule has 21 heavy (non-hydrogen) atoms. The van der Waals surface area contributed by atoms with Gasteiger partial charge in [-0.05, 0) is 43.4 Å². The standard InChI is InChI=1S/C17H16N2OS/c1-20-15-8-4-2-6-12(15)11-19-17-14(10-18)13-7-3-5-9-16(13)21-17/h2,4,6,8,11H,3,5,7,9H2,1H3/b19-11+. The van der Waals surface area contributed by atoms with E-state index in [1.54, 1.807) is 24.7 Å². The number of para-hydroxylation sites is 1. The molecule has 106 valence electrons. The molecule has 0 fully saturated rings. The van der Waals surface area contributed by atoms with Crippen molar-refractivity contribution in [1.29, 1.82) is 5.26 Å². The Labute approximate surface area is 128 Å². The lowest BCUT2D eigenvalue weighted by Crippen LogP contribution is -1.99. The van der Waals surface area contributed by atoms with Gasteiger partial charge in [0, 0.05) is 16.7 Å². The van der Waals surface area contributed by atoms with Crippen molar-refractivity contribution >= 4 is 22.6 Å². The summed E-state index contributed by atoms with van der Waals surface area (Å²) in [6.07, 6.45) is 6.27. The zero-order chi connectivity index (χ0) is 14.7. The summed E-state index contributed by atoms with van der Waals surface area (Å²) in [5, 5.41) is 10.2. The number of aryl methyl sites for hydroxylation is 1. The number of methoxy groups -OCH3 is 1. The van der Waals surface area contributed by atoms with E-state index in [9.17, 15) is 5.26 Å².